The maximum absolute atomic E-state index is 11.8. The van der Waals surface area contributed by atoms with Gasteiger partial charge in [0.2, 0.25) is 0 Å². The Balaban J connectivity index is 1.54. The van der Waals surface area contributed by atoms with E-state index in [0.717, 1.165) is 11.1 Å². The topological polar surface area (TPSA) is 44.1 Å². The van der Waals surface area contributed by atoms with Crippen LogP contribution in [0.25, 0.3) is 10.9 Å². The average Bonchev–Trinajstić information content (AvgIpc) is 2.95. The molecule has 4 heteroatoms. The normalized spacial score (nSPS) is 10.7. The highest BCUT2D eigenvalue weighted by molar-refractivity contribution is 5.80. The first-order valence-corrected chi connectivity index (χ1v) is 6.91. The lowest BCUT2D eigenvalue weighted by Crippen LogP contribution is -2.08. The number of esters is 1. The van der Waals surface area contributed by atoms with Crippen molar-refractivity contribution in [3.05, 3.63) is 66.6 Å². The number of rotatable bonds is 5. The highest BCUT2D eigenvalue weighted by atomic mass is 16.5. The monoisotopic (exact) mass is 280 g/mol. The molecule has 106 valence electrons. The number of hydrogen-bond acceptors (Lipinski definition) is 3. The molecule has 2 aromatic heterocycles. The second-order valence-electron chi connectivity index (χ2n) is 4.84. The van der Waals surface area contributed by atoms with Crippen molar-refractivity contribution < 1.29 is 9.53 Å². The molecular formula is C17H16N2O2. The molecule has 0 saturated heterocycles. The van der Waals surface area contributed by atoms with E-state index in [9.17, 15) is 4.79 Å². The summed E-state index contributed by atoms with van der Waals surface area (Å²) in [6.45, 7) is 0.901. The van der Waals surface area contributed by atoms with Crippen molar-refractivity contribution in [3.63, 3.8) is 0 Å². The predicted molar refractivity (Wildman–Crippen MR) is 80.6 cm³/mol. The fourth-order valence-corrected chi connectivity index (χ4v) is 2.27. The number of benzene rings is 1. The van der Waals surface area contributed by atoms with Crippen LogP contribution in [0.4, 0.5) is 0 Å². The zero-order chi connectivity index (χ0) is 14.5. The molecule has 0 N–H and O–H groups in total. The number of carbonyl (C=O) groups excluding carboxylic acids is 1. The molecule has 0 fully saturated rings. The summed E-state index contributed by atoms with van der Waals surface area (Å²) < 4.78 is 7.32. The van der Waals surface area contributed by atoms with Crippen LogP contribution in [0.3, 0.4) is 0 Å². The quantitative estimate of drug-likeness (QED) is 0.674. The van der Waals surface area contributed by atoms with Gasteiger partial charge in [-0.1, -0.05) is 24.3 Å². The number of aromatic nitrogens is 2. The van der Waals surface area contributed by atoms with E-state index in [2.05, 4.69) is 27.8 Å². The van der Waals surface area contributed by atoms with Crippen LogP contribution in [0.5, 0.6) is 0 Å². The minimum atomic E-state index is -0.198. The molecule has 0 saturated carbocycles. The molecule has 0 atom stereocenters. The molecule has 21 heavy (non-hydrogen) atoms. The van der Waals surface area contributed by atoms with Crippen LogP contribution >= 0.6 is 0 Å². The minimum Gasteiger partial charge on any atom is -0.461 e. The Kier molecular flexibility index (Phi) is 3.96. The summed E-state index contributed by atoms with van der Waals surface area (Å²) in [6, 6.07) is 13.9. The van der Waals surface area contributed by atoms with Gasteiger partial charge >= 0.3 is 5.97 Å². The fraction of sp³-hybridized carbons (Fsp3) is 0.176. The van der Waals surface area contributed by atoms with Gasteiger partial charge in [-0.2, -0.15) is 0 Å². The van der Waals surface area contributed by atoms with E-state index in [-0.39, 0.29) is 12.6 Å². The number of aryl methyl sites for hydroxylation is 1. The number of hydrogen-bond donors (Lipinski definition) is 0. The van der Waals surface area contributed by atoms with Gasteiger partial charge in [0.05, 0.1) is 6.42 Å². The summed E-state index contributed by atoms with van der Waals surface area (Å²) in [4.78, 5) is 15.8. The first kappa shape index (κ1) is 13.4. The lowest BCUT2D eigenvalue weighted by atomic mass is 10.2. The second-order valence-corrected chi connectivity index (χ2v) is 4.84. The Bertz CT molecular complexity index is 735. The van der Waals surface area contributed by atoms with Gasteiger partial charge in [0.25, 0.3) is 0 Å². The van der Waals surface area contributed by atoms with Crippen LogP contribution in [0.1, 0.15) is 12.0 Å². The molecule has 2 heterocycles. The molecule has 0 bridgehead atoms. The van der Waals surface area contributed by atoms with E-state index in [1.165, 1.54) is 5.39 Å². The van der Waals surface area contributed by atoms with Crippen molar-refractivity contribution in [2.75, 3.05) is 0 Å². The summed E-state index contributed by atoms with van der Waals surface area (Å²) >= 11 is 0. The van der Waals surface area contributed by atoms with Gasteiger partial charge in [0.1, 0.15) is 6.61 Å². The molecule has 3 rings (SSSR count). The third kappa shape index (κ3) is 3.28. The van der Waals surface area contributed by atoms with Crippen LogP contribution in [-0.4, -0.2) is 15.5 Å². The molecule has 0 spiro atoms. The Morgan fingerprint density at radius 1 is 1.14 bits per heavy atom. The van der Waals surface area contributed by atoms with E-state index in [1.807, 2.05) is 30.5 Å². The second kappa shape index (κ2) is 6.22. The van der Waals surface area contributed by atoms with Crippen molar-refractivity contribution in [1.82, 2.24) is 9.55 Å². The SMILES string of the molecule is O=C(CCn1ccc2ccccc21)OCc1cccnc1. The predicted octanol–water partition coefficient (Wildman–Crippen LogP) is 3.17. The fourth-order valence-electron chi connectivity index (χ4n) is 2.27. The third-order valence-electron chi connectivity index (χ3n) is 3.36. The van der Waals surface area contributed by atoms with Gasteiger partial charge in [-0.25, -0.2) is 0 Å². The average molecular weight is 280 g/mol. The summed E-state index contributed by atoms with van der Waals surface area (Å²) in [5.74, 6) is -0.198. The van der Waals surface area contributed by atoms with Gasteiger partial charge in [-0.05, 0) is 23.6 Å². The Hall–Kier alpha value is -2.62. The summed E-state index contributed by atoms with van der Waals surface area (Å²) in [5.41, 5.74) is 2.04. The van der Waals surface area contributed by atoms with Crippen molar-refractivity contribution in [3.8, 4) is 0 Å². The molecule has 3 aromatic rings. The van der Waals surface area contributed by atoms with Gasteiger partial charge in [0, 0.05) is 36.2 Å². The van der Waals surface area contributed by atoms with E-state index >= 15 is 0 Å². The molecule has 1 aromatic carbocycles. The van der Waals surface area contributed by atoms with Crippen molar-refractivity contribution in [1.29, 1.82) is 0 Å². The molecule has 0 aliphatic heterocycles. The van der Waals surface area contributed by atoms with Crippen LogP contribution in [0, 0.1) is 0 Å². The van der Waals surface area contributed by atoms with Crippen LogP contribution in [0.15, 0.2) is 61.1 Å². The van der Waals surface area contributed by atoms with E-state index in [0.29, 0.717) is 13.0 Å². The molecule has 0 radical (unpaired) electrons. The van der Waals surface area contributed by atoms with Crippen LogP contribution in [-0.2, 0) is 22.7 Å². The summed E-state index contributed by atoms with van der Waals surface area (Å²) in [6.07, 6.45) is 5.76. The largest absolute Gasteiger partial charge is 0.461 e. The molecular weight excluding hydrogens is 264 g/mol. The van der Waals surface area contributed by atoms with Crippen molar-refractivity contribution >= 4 is 16.9 Å². The number of ether oxygens (including phenoxy) is 1. The molecule has 0 amide bonds. The molecule has 0 unspecified atom stereocenters. The van der Waals surface area contributed by atoms with E-state index in [4.69, 9.17) is 4.74 Å². The first-order chi connectivity index (χ1) is 10.3. The number of carbonyl (C=O) groups is 1. The summed E-state index contributed by atoms with van der Waals surface area (Å²) in [5, 5.41) is 1.18. The highest BCUT2D eigenvalue weighted by Crippen LogP contribution is 2.15. The maximum atomic E-state index is 11.8. The number of fused-ring (bicyclic) bond motifs is 1. The van der Waals surface area contributed by atoms with Crippen LogP contribution in [0.2, 0.25) is 0 Å². The zero-order valence-electron chi connectivity index (χ0n) is 11.6. The Morgan fingerprint density at radius 3 is 2.90 bits per heavy atom. The Labute approximate surface area is 123 Å². The minimum absolute atomic E-state index is 0.198. The number of pyridine rings is 1. The smallest absolute Gasteiger partial charge is 0.307 e. The van der Waals surface area contributed by atoms with Gasteiger partial charge in [-0.3, -0.25) is 9.78 Å². The first-order valence-electron chi connectivity index (χ1n) is 6.91. The lowest BCUT2D eigenvalue weighted by Gasteiger charge is -2.06. The molecule has 0 aliphatic carbocycles. The van der Waals surface area contributed by atoms with E-state index in [1.54, 1.807) is 12.4 Å². The Morgan fingerprint density at radius 2 is 2.05 bits per heavy atom. The van der Waals surface area contributed by atoms with Crippen LogP contribution < -0.4 is 0 Å². The summed E-state index contributed by atoms with van der Waals surface area (Å²) in [7, 11) is 0. The highest BCUT2D eigenvalue weighted by Gasteiger charge is 2.06. The van der Waals surface area contributed by atoms with Crippen molar-refractivity contribution in [2.24, 2.45) is 0 Å². The standard InChI is InChI=1S/C17H16N2O2/c20-17(21-13-14-4-3-9-18-12-14)8-11-19-10-7-15-5-1-2-6-16(15)19/h1-7,9-10,12H,8,11,13H2. The van der Waals surface area contributed by atoms with E-state index < -0.39 is 0 Å². The molecule has 0 aliphatic rings. The van der Waals surface area contributed by atoms with Gasteiger partial charge < -0.3 is 9.30 Å². The van der Waals surface area contributed by atoms with Gasteiger partial charge in [-0.15, -0.1) is 0 Å². The van der Waals surface area contributed by atoms with Gasteiger partial charge in [0.15, 0.2) is 0 Å². The third-order valence-corrected chi connectivity index (χ3v) is 3.36. The lowest BCUT2D eigenvalue weighted by molar-refractivity contribution is -0.145. The zero-order valence-corrected chi connectivity index (χ0v) is 11.6. The number of para-hydroxylation sites is 1. The maximum Gasteiger partial charge on any atom is 0.307 e. The molecule has 4 nitrogen and oxygen atoms in total. The van der Waals surface area contributed by atoms with Crippen molar-refractivity contribution in [2.45, 2.75) is 19.6 Å². The number of nitrogens with zero attached hydrogens (tertiary/aromatic N) is 2.